The monoisotopic (exact) mass is 397 g/mol. The minimum absolute atomic E-state index is 0.335. The first-order chi connectivity index (χ1) is 13.4. The van der Waals surface area contributed by atoms with Crippen LogP contribution in [0.25, 0.3) is 0 Å². The van der Waals surface area contributed by atoms with E-state index in [0.717, 1.165) is 25.4 Å². The molecule has 1 saturated heterocycles. The van der Waals surface area contributed by atoms with Crippen molar-refractivity contribution in [3.8, 4) is 0 Å². The minimum Gasteiger partial charge on any atom is -0.307 e. The lowest BCUT2D eigenvalue weighted by atomic mass is 9.95. The summed E-state index contributed by atoms with van der Waals surface area (Å²) in [4.78, 5) is 7.16. The van der Waals surface area contributed by atoms with Crippen LogP contribution < -0.4 is 5.32 Å². The van der Waals surface area contributed by atoms with E-state index in [9.17, 15) is 0 Å². The normalized spacial score (nSPS) is 17.2. The number of aromatic nitrogens is 1. The highest BCUT2D eigenvalue weighted by atomic mass is 32.1. The molecular formula is C22H27N3S2. The molecule has 0 spiro atoms. The van der Waals surface area contributed by atoms with Gasteiger partial charge in [-0.3, -0.25) is 4.90 Å². The average Bonchev–Trinajstić information content (AvgIpc) is 3.41. The number of nitrogens with zero attached hydrogens (tertiary/aromatic N) is 2. The topological polar surface area (TPSA) is 28.2 Å². The maximum Gasteiger partial charge on any atom is 0.110 e. The molecule has 1 aromatic carbocycles. The quantitative estimate of drug-likeness (QED) is 0.580. The van der Waals surface area contributed by atoms with Gasteiger partial charge >= 0.3 is 0 Å². The number of thiophene rings is 1. The van der Waals surface area contributed by atoms with E-state index in [1.54, 1.807) is 22.7 Å². The number of hydrogen-bond acceptors (Lipinski definition) is 5. The summed E-state index contributed by atoms with van der Waals surface area (Å²) < 4.78 is 0. The molecule has 0 aliphatic carbocycles. The maximum absolute atomic E-state index is 4.57. The summed E-state index contributed by atoms with van der Waals surface area (Å²) in [6.07, 6.45) is 5.51. The summed E-state index contributed by atoms with van der Waals surface area (Å²) in [7, 11) is 0. The molecule has 0 amide bonds. The van der Waals surface area contributed by atoms with Gasteiger partial charge in [-0.25, -0.2) is 4.98 Å². The summed E-state index contributed by atoms with van der Waals surface area (Å²) in [5.41, 5.74) is 2.83. The van der Waals surface area contributed by atoms with Crippen molar-refractivity contribution in [2.45, 2.75) is 31.8 Å². The zero-order valence-corrected chi connectivity index (χ0v) is 17.2. The molecule has 5 heteroatoms. The van der Waals surface area contributed by atoms with Crippen molar-refractivity contribution in [3.05, 3.63) is 74.9 Å². The number of likely N-dealkylation sites (tertiary alicyclic amines) is 1. The fraction of sp³-hybridized carbons (Fsp3) is 0.409. The molecule has 0 radical (unpaired) electrons. The number of hydrogen-bond donors (Lipinski definition) is 1. The highest BCUT2D eigenvalue weighted by molar-refractivity contribution is 7.09. The third-order valence-electron chi connectivity index (χ3n) is 5.38. The van der Waals surface area contributed by atoms with E-state index in [0.29, 0.717) is 6.04 Å². The van der Waals surface area contributed by atoms with Crippen LogP contribution in [-0.4, -0.2) is 29.5 Å². The molecule has 142 valence electrons. The van der Waals surface area contributed by atoms with Crippen molar-refractivity contribution in [3.63, 3.8) is 0 Å². The molecule has 1 aliphatic heterocycles. The predicted molar refractivity (Wildman–Crippen MR) is 115 cm³/mol. The summed E-state index contributed by atoms with van der Waals surface area (Å²) in [6.45, 7) is 4.58. The second-order valence-corrected chi connectivity index (χ2v) is 9.08. The minimum atomic E-state index is 0.335. The molecule has 1 aliphatic rings. The van der Waals surface area contributed by atoms with Crippen LogP contribution in [0.15, 0.2) is 58.7 Å². The van der Waals surface area contributed by atoms with Gasteiger partial charge in [-0.2, -0.15) is 11.3 Å². The molecule has 3 aromatic rings. The highest BCUT2D eigenvalue weighted by Crippen LogP contribution is 2.24. The highest BCUT2D eigenvalue weighted by Gasteiger charge is 2.21. The van der Waals surface area contributed by atoms with E-state index >= 15 is 0 Å². The molecule has 1 N–H and O–H groups in total. The Bertz CT molecular complexity index is 763. The van der Waals surface area contributed by atoms with Crippen molar-refractivity contribution in [1.29, 1.82) is 0 Å². The molecule has 1 fully saturated rings. The molecule has 3 heterocycles. The van der Waals surface area contributed by atoms with E-state index in [1.807, 2.05) is 6.20 Å². The van der Waals surface area contributed by atoms with Crippen LogP contribution in [0.1, 0.15) is 35.0 Å². The van der Waals surface area contributed by atoms with Gasteiger partial charge in [-0.05, 0) is 72.8 Å². The SMILES string of the molecule is c1ccc(CN2CCC(CNC(Cc3ccsc3)c3nccs3)CC2)cc1. The van der Waals surface area contributed by atoms with E-state index in [2.05, 4.69) is 67.7 Å². The first kappa shape index (κ1) is 18.8. The Hall–Kier alpha value is -1.53. The van der Waals surface area contributed by atoms with Crippen LogP contribution in [0, 0.1) is 5.92 Å². The third kappa shape index (κ3) is 5.48. The number of benzene rings is 1. The van der Waals surface area contributed by atoms with E-state index < -0.39 is 0 Å². The zero-order chi connectivity index (χ0) is 18.3. The molecule has 3 nitrogen and oxygen atoms in total. The van der Waals surface area contributed by atoms with Crippen LogP contribution in [0.4, 0.5) is 0 Å². The summed E-state index contributed by atoms with van der Waals surface area (Å²) >= 11 is 3.54. The van der Waals surface area contributed by atoms with Gasteiger partial charge in [0.1, 0.15) is 5.01 Å². The Morgan fingerprint density at radius 3 is 2.63 bits per heavy atom. The first-order valence-electron chi connectivity index (χ1n) is 9.77. The second kappa shape index (κ2) is 9.60. The van der Waals surface area contributed by atoms with Crippen molar-refractivity contribution < 1.29 is 0 Å². The van der Waals surface area contributed by atoms with Crippen molar-refractivity contribution >= 4 is 22.7 Å². The lowest BCUT2D eigenvalue weighted by Gasteiger charge is -2.32. The number of rotatable bonds is 8. The number of nitrogens with one attached hydrogen (secondary N) is 1. The second-order valence-electron chi connectivity index (χ2n) is 7.37. The average molecular weight is 398 g/mol. The Kier molecular flexibility index (Phi) is 6.69. The molecule has 2 aromatic heterocycles. The van der Waals surface area contributed by atoms with Crippen LogP contribution in [0.2, 0.25) is 0 Å². The van der Waals surface area contributed by atoms with Crippen molar-refractivity contribution in [1.82, 2.24) is 15.2 Å². The lowest BCUT2D eigenvalue weighted by Crippen LogP contribution is -2.38. The van der Waals surface area contributed by atoms with Gasteiger partial charge in [0.15, 0.2) is 0 Å². The predicted octanol–water partition coefficient (Wildman–Crippen LogP) is 4.99. The van der Waals surface area contributed by atoms with Crippen LogP contribution in [0.5, 0.6) is 0 Å². The first-order valence-corrected chi connectivity index (χ1v) is 11.6. The largest absolute Gasteiger partial charge is 0.307 e. The van der Waals surface area contributed by atoms with E-state index in [1.165, 1.54) is 42.1 Å². The third-order valence-corrected chi connectivity index (χ3v) is 7.00. The van der Waals surface area contributed by atoms with Crippen LogP contribution in [-0.2, 0) is 13.0 Å². The number of thiazole rings is 1. The van der Waals surface area contributed by atoms with Gasteiger partial charge in [0.05, 0.1) is 6.04 Å². The fourth-order valence-corrected chi connectivity index (χ4v) is 5.19. The number of piperidine rings is 1. The molecule has 1 unspecified atom stereocenters. The molecule has 1 atom stereocenters. The molecule has 0 saturated carbocycles. The molecule has 27 heavy (non-hydrogen) atoms. The van der Waals surface area contributed by atoms with Crippen molar-refractivity contribution in [2.24, 2.45) is 5.92 Å². The summed E-state index contributed by atoms with van der Waals surface area (Å²) in [6, 6.07) is 13.4. The summed E-state index contributed by atoms with van der Waals surface area (Å²) in [5, 5.41) is 11.5. The van der Waals surface area contributed by atoms with Crippen LogP contribution in [0.3, 0.4) is 0 Å². The molecular weight excluding hydrogens is 370 g/mol. The van der Waals surface area contributed by atoms with E-state index in [-0.39, 0.29) is 0 Å². The van der Waals surface area contributed by atoms with Gasteiger partial charge in [0.25, 0.3) is 0 Å². The zero-order valence-electron chi connectivity index (χ0n) is 15.6. The van der Waals surface area contributed by atoms with E-state index in [4.69, 9.17) is 0 Å². The van der Waals surface area contributed by atoms with Gasteiger partial charge in [0.2, 0.25) is 0 Å². The standard InChI is InChI=1S/C22H27N3S2/c1-2-4-19(5-3-1)16-25-10-6-18(7-11-25)15-24-21(22-23-9-13-27-22)14-20-8-12-26-17-20/h1-5,8-9,12-13,17-18,21,24H,6-7,10-11,14-16H2. The van der Waals surface area contributed by atoms with Crippen molar-refractivity contribution in [2.75, 3.05) is 19.6 Å². The van der Waals surface area contributed by atoms with Gasteiger partial charge in [-0.1, -0.05) is 30.3 Å². The molecule has 4 rings (SSSR count). The van der Waals surface area contributed by atoms with Gasteiger partial charge in [-0.15, -0.1) is 11.3 Å². The smallest absolute Gasteiger partial charge is 0.110 e. The van der Waals surface area contributed by atoms with Crippen LogP contribution >= 0.6 is 22.7 Å². The Morgan fingerprint density at radius 2 is 1.93 bits per heavy atom. The maximum atomic E-state index is 4.57. The molecule has 0 bridgehead atoms. The lowest BCUT2D eigenvalue weighted by molar-refractivity contribution is 0.173. The Balaban J connectivity index is 1.26. The fourth-order valence-electron chi connectivity index (χ4n) is 3.80. The van der Waals surface area contributed by atoms with Gasteiger partial charge in [0, 0.05) is 18.1 Å². The van der Waals surface area contributed by atoms with Gasteiger partial charge < -0.3 is 5.32 Å². The Morgan fingerprint density at radius 1 is 1.07 bits per heavy atom. The summed E-state index contributed by atoms with van der Waals surface area (Å²) in [5.74, 6) is 0.766. The Labute approximate surface area is 170 Å².